The maximum Gasteiger partial charge on any atom is 0.251 e. The Morgan fingerprint density at radius 3 is 2.68 bits per heavy atom. The van der Waals surface area contributed by atoms with Gasteiger partial charge in [-0.2, -0.15) is 0 Å². The van der Waals surface area contributed by atoms with Gasteiger partial charge in [0.05, 0.1) is 29.6 Å². The fraction of sp³-hybridized carbons (Fsp3) is 0.259. The van der Waals surface area contributed by atoms with Crippen LogP contribution in [0.1, 0.15) is 35.5 Å². The van der Waals surface area contributed by atoms with E-state index >= 15 is 0 Å². The van der Waals surface area contributed by atoms with E-state index in [-0.39, 0.29) is 18.8 Å². The molecule has 0 bridgehead atoms. The van der Waals surface area contributed by atoms with Gasteiger partial charge < -0.3 is 25.5 Å². The average Bonchev–Trinajstić information content (AvgIpc) is 3.43. The summed E-state index contributed by atoms with van der Waals surface area (Å²) in [6, 6.07) is 12.4. The number of hydrogen-bond acceptors (Lipinski definition) is 6. The van der Waals surface area contributed by atoms with E-state index in [1.54, 1.807) is 37.5 Å². The number of nitrogens with zero attached hydrogens (tertiary/aromatic N) is 3. The van der Waals surface area contributed by atoms with Gasteiger partial charge in [-0.05, 0) is 62.4 Å². The number of halogens is 1. The first kappa shape index (κ1) is 24.4. The second-order valence-corrected chi connectivity index (χ2v) is 9.74. The number of nitrogens with one attached hydrogen (secondary N) is 1. The summed E-state index contributed by atoms with van der Waals surface area (Å²) in [5.41, 5.74) is 6.42. The summed E-state index contributed by atoms with van der Waals surface area (Å²) in [4.78, 5) is 34.1. The van der Waals surface area contributed by atoms with Gasteiger partial charge in [0, 0.05) is 23.7 Å². The highest BCUT2D eigenvalue weighted by Gasteiger charge is 2.45. The lowest BCUT2D eigenvalue weighted by Crippen LogP contribution is -2.41. The second-order valence-electron chi connectivity index (χ2n) is 9.74. The third-order valence-corrected chi connectivity index (χ3v) is 6.87. The van der Waals surface area contributed by atoms with Gasteiger partial charge in [-0.25, -0.2) is 14.4 Å². The molecule has 0 saturated carbocycles. The Hall–Kier alpha value is -4.31. The number of ether oxygens (including phenoxy) is 1. The Kier molecular flexibility index (Phi) is 5.71. The van der Waals surface area contributed by atoms with E-state index in [4.69, 9.17) is 10.5 Å². The average molecular weight is 504 g/mol. The second kappa shape index (κ2) is 8.67. The lowest BCUT2D eigenvalue weighted by atomic mass is 9.82. The van der Waals surface area contributed by atoms with Gasteiger partial charge in [0.2, 0.25) is 5.91 Å². The van der Waals surface area contributed by atoms with E-state index in [1.165, 1.54) is 31.2 Å². The van der Waals surface area contributed by atoms with E-state index < -0.39 is 28.6 Å². The van der Waals surface area contributed by atoms with Gasteiger partial charge in [-0.1, -0.05) is 0 Å². The third-order valence-electron chi connectivity index (χ3n) is 6.87. The van der Waals surface area contributed by atoms with Crippen LogP contribution >= 0.6 is 0 Å². The molecule has 2 amide bonds. The minimum Gasteiger partial charge on any atom is -0.489 e. The SMILES string of the molecule is Cn1cnc2cc(C(=O)NC[C@](C)(O)c3cc4c(c(-c5ccc(F)cc5)n3)OC[C@]4(C)C(N)=O)ccc21. The number of aromatic nitrogens is 3. The molecule has 10 heteroatoms. The smallest absolute Gasteiger partial charge is 0.251 e. The number of fused-ring (bicyclic) bond motifs is 2. The number of aryl methyl sites for hydroxylation is 1. The Bertz CT molecular complexity index is 1550. The molecule has 0 radical (unpaired) electrons. The Morgan fingerprint density at radius 1 is 1.24 bits per heavy atom. The summed E-state index contributed by atoms with van der Waals surface area (Å²) in [6.07, 6.45) is 1.67. The molecule has 9 nitrogen and oxygen atoms in total. The van der Waals surface area contributed by atoms with Crippen LogP contribution < -0.4 is 15.8 Å². The Morgan fingerprint density at radius 2 is 1.97 bits per heavy atom. The number of carbonyl (C=O) groups is 2. The molecule has 190 valence electrons. The van der Waals surface area contributed by atoms with Crippen molar-refractivity contribution < 1.29 is 23.8 Å². The molecule has 0 saturated heterocycles. The summed E-state index contributed by atoms with van der Waals surface area (Å²) in [7, 11) is 1.87. The lowest BCUT2D eigenvalue weighted by molar-refractivity contribution is -0.123. The maximum absolute atomic E-state index is 13.6. The van der Waals surface area contributed by atoms with Crippen molar-refractivity contribution in [3.63, 3.8) is 0 Å². The van der Waals surface area contributed by atoms with Crippen LogP contribution in [0, 0.1) is 5.82 Å². The van der Waals surface area contributed by atoms with Crippen molar-refractivity contribution in [3.8, 4) is 17.0 Å². The van der Waals surface area contributed by atoms with Crippen molar-refractivity contribution in [2.75, 3.05) is 13.2 Å². The topological polar surface area (TPSA) is 132 Å². The first-order valence-corrected chi connectivity index (χ1v) is 11.7. The molecule has 0 spiro atoms. The van der Waals surface area contributed by atoms with E-state index in [0.29, 0.717) is 33.7 Å². The van der Waals surface area contributed by atoms with Crippen molar-refractivity contribution in [1.82, 2.24) is 19.9 Å². The number of amides is 2. The van der Waals surface area contributed by atoms with Crippen LogP contribution in [-0.2, 0) is 22.9 Å². The zero-order chi connectivity index (χ0) is 26.5. The molecule has 4 N–H and O–H groups in total. The quantitative estimate of drug-likeness (QED) is 0.371. The van der Waals surface area contributed by atoms with E-state index in [0.717, 1.165) is 5.52 Å². The molecule has 2 atom stereocenters. The first-order valence-electron chi connectivity index (χ1n) is 11.7. The normalized spacial score (nSPS) is 18.2. The predicted octanol–water partition coefficient (Wildman–Crippen LogP) is 2.55. The third kappa shape index (κ3) is 4.19. The van der Waals surface area contributed by atoms with Gasteiger partial charge in [-0.3, -0.25) is 9.59 Å². The van der Waals surface area contributed by atoms with E-state index in [2.05, 4.69) is 15.3 Å². The van der Waals surface area contributed by atoms with Gasteiger partial charge in [0.1, 0.15) is 34.9 Å². The largest absolute Gasteiger partial charge is 0.489 e. The van der Waals surface area contributed by atoms with E-state index in [9.17, 15) is 19.1 Å². The van der Waals surface area contributed by atoms with Crippen molar-refractivity contribution in [2.45, 2.75) is 24.9 Å². The summed E-state index contributed by atoms with van der Waals surface area (Å²) >= 11 is 0. The van der Waals surface area contributed by atoms with Crippen molar-refractivity contribution >= 4 is 22.8 Å². The fourth-order valence-corrected chi connectivity index (χ4v) is 4.39. The molecule has 37 heavy (non-hydrogen) atoms. The van der Waals surface area contributed by atoms with Crippen LogP contribution in [0.5, 0.6) is 5.75 Å². The minimum atomic E-state index is -1.63. The summed E-state index contributed by atoms with van der Waals surface area (Å²) < 4.78 is 21.3. The van der Waals surface area contributed by atoms with Crippen molar-refractivity contribution in [2.24, 2.45) is 12.8 Å². The minimum absolute atomic E-state index is 0.00583. The lowest BCUT2D eigenvalue weighted by Gasteiger charge is -2.26. The van der Waals surface area contributed by atoms with Crippen LogP contribution in [0.25, 0.3) is 22.3 Å². The first-order chi connectivity index (χ1) is 17.5. The number of aliphatic hydroxyl groups is 1. The standard InChI is InChI=1S/C27H26FN5O4/c1-26(25(29)35)13-37-23-18(26)11-21(32-22(23)15-4-7-17(28)8-5-15)27(2,36)12-30-24(34)16-6-9-20-19(10-16)31-14-33(20)3/h4-11,14,36H,12-13H2,1-3H3,(H2,29,35)(H,30,34)/t26-,27-/m0/s1. The molecule has 0 aliphatic carbocycles. The molecule has 0 unspecified atom stereocenters. The van der Waals surface area contributed by atoms with Gasteiger partial charge >= 0.3 is 0 Å². The number of primary amides is 1. The highest BCUT2D eigenvalue weighted by Crippen LogP contribution is 2.45. The van der Waals surface area contributed by atoms with Gasteiger partial charge in [0.25, 0.3) is 5.91 Å². The molecular formula is C27H26FN5O4. The van der Waals surface area contributed by atoms with Crippen molar-refractivity contribution in [1.29, 1.82) is 0 Å². The zero-order valence-corrected chi connectivity index (χ0v) is 20.6. The van der Waals surface area contributed by atoms with Crippen molar-refractivity contribution in [3.05, 3.63) is 77.5 Å². The number of carbonyl (C=O) groups excluding carboxylic acids is 2. The molecule has 1 aliphatic rings. The van der Waals surface area contributed by atoms with Crippen LogP contribution in [0.3, 0.4) is 0 Å². The predicted molar refractivity (Wildman–Crippen MR) is 134 cm³/mol. The zero-order valence-electron chi connectivity index (χ0n) is 20.6. The number of benzene rings is 2. The van der Waals surface area contributed by atoms with E-state index in [1.807, 2.05) is 11.6 Å². The Balaban J connectivity index is 1.49. The summed E-state index contributed by atoms with van der Waals surface area (Å²) in [5.74, 6) is -1.05. The molecule has 1 aliphatic heterocycles. The van der Waals surface area contributed by atoms with Gasteiger partial charge in [-0.15, -0.1) is 0 Å². The number of nitrogens with two attached hydrogens (primary N) is 1. The monoisotopic (exact) mass is 503 g/mol. The highest BCUT2D eigenvalue weighted by atomic mass is 19.1. The molecule has 2 aromatic heterocycles. The molecule has 2 aromatic carbocycles. The molecule has 4 aromatic rings. The van der Waals surface area contributed by atoms with Crippen LogP contribution in [0.15, 0.2) is 54.9 Å². The summed E-state index contributed by atoms with van der Waals surface area (Å²) in [5, 5.41) is 14.2. The van der Waals surface area contributed by atoms with Crippen LogP contribution in [0.4, 0.5) is 4.39 Å². The number of rotatable bonds is 6. The molecular weight excluding hydrogens is 477 g/mol. The molecule has 5 rings (SSSR count). The Labute approximate surface area is 212 Å². The van der Waals surface area contributed by atoms with Crippen LogP contribution in [-0.4, -0.2) is 44.6 Å². The molecule has 3 heterocycles. The highest BCUT2D eigenvalue weighted by molar-refractivity contribution is 5.97. The van der Waals surface area contributed by atoms with Crippen LogP contribution in [0.2, 0.25) is 0 Å². The summed E-state index contributed by atoms with van der Waals surface area (Å²) in [6.45, 7) is 3.00. The molecule has 0 fully saturated rings. The number of imidazole rings is 1. The number of hydrogen-bond donors (Lipinski definition) is 3. The number of pyridine rings is 1. The fourth-order valence-electron chi connectivity index (χ4n) is 4.39. The maximum atomic E-state index is 13.6. The van der Waals surface area contributed by atoms with Gasteiger partial charge in [0.15, 0.2) is 0 Å².